The summed E-state index contributed by atoms with van der Waals surface area (Å²) in [5.41, 5.74) is 5.37. The van der Waals surface area contributed by atoms with E-state index in [0.717, 1.165) is 35.2 Å². The van der Waals surface area contributed by atoms with Gasteiger partial charge in [0.1, 0.15) is 5.82 Å². The number of hydrogen-bond acceptors (Lipinski definition) is 5. The molecule has 1 aliphatic heterocycles. The zero-order chi connectivity index (χ0) is 24.1. The van der Waals surface area contributed by atoms with E-state index in [2.05, 4.69) is 12.1 Å². The van der Waals surface area contributed by atoms with Crippen molar-refractivity contribution in [2.45, 2.75) is 18.9 Å². The lowest BCUT2D eigenvalue weighted by Crippen LogP contribution is -2.38. The van der Waals surface area contributed by atoms with E-state index in [1.807, 2.05) is 12.1 Å². The third kappa shape index (κ3) is 3.51. The first-order valence-electron chi connectivity index (χ1n) is 11.3. The number of thiazole rings is 1. The molecule has 0 fully saturated rings. The highest BCUT2D eigenvalue weighted by molar-refractivity contribution is 7.07. The van der Waals surface area contributed by atoms with Gasteiger partial charge in [0.15, 0.2) is 16.3 Å². The zero-order valence-electron chi connectivity index (χ0n) is 18.9. The number of fused-ring (bicyclic) bond motifs is 3. The summed E-state index contributed by atoms with van der Waals surface area (Å²) in [7, 11) is 1.48. The van der Waals surface area contributed by atoms with E-state index in [-0.39, 0.29) is 23.2 Å². The second-order valence-corrected chi connectivity index (χ2v) is 9.57. The van der Waals surface area contributed by atoms with Crippen LogP contribution in [-0.2, 0) is 6.42 Å². The summed E-state index contributed by atoms with van der Waals surface area (Å²) in [5, 5.41) is 10.5. The van der Waals surface area contributed by atoms with Crippen molar-refractivity contribution in [1.29, 1.82) is 0 Å². The van der Waals surface area contributed by atoms with Gasteiger partial charge in [0.25, 0.3) is 5.56 Å². The summed E-state index contributed by atoms with van der Waals surface area (Å²) < 4.78 is 21.1. The van der Waals surface area contributed by atoms with Crippen molar-refractivity contribution in [3.63, 3.8) is 0 Å². The van der Waals surface area contributed by atoms with Gasteiger partial charge < -0.3 is 9.84 Å². The lowest BCUT2D eigenvalue weighted by Gasteiger charge is -2.30. The van der Waals surface area contributed by atoms with Crippen LogP contribution in [0.5, 0.6) is 11.5 Å². The van der Waals surface area contributed by atoms with Crippen LogP contribution in [0.25, 0.3) is 11.8 Å². The SMILES string of the molecule is COc1cccc(C=c2sc3n(c2=O)C(c2ccc(F)cc2)C2=C(N=3)c3ccccc3CC2)c1O. The van der Waals surface area contributed by atoms with Crippen molar-refractivity contribution < 1.29 is 14.2 Å². The molecule has 2 aliphatic rings. The predicted octanol–water partition coefficient (Wildman–Crippen LogP) is 4.17. The van der Waals surface area contributed by atoms with Crippen LogP contribution < -0.4 is 19.6 Å². The van der Waals surface area contributed by atoms with Gasteiger partial charge in [-0.2, -0.15) is 0 Å². The van der Waals surface area contributed by atoms with Crippen LogP contribution in [-0.4, -0.2) is 16.8 Å². The second-order valence-electron chi connectivity index (χ2n) is 8.56. The fourth-order valence-corrected chi connectivity index (χ4v) is 5.92. The molecule has 174 valence electrons. The average molecular weight is 485 g/mol. The third-order valence-electron chi connectivity index (χ3n) is 6.60. The van der Waals surface area contributed by atoms with Gasteiger partial charge in [-0.15, -0.1) is 0 Å². The molecule has 0 bridgehead atoms. The summed E-state index contributed by atoms with van der Waals surface area (Å²) in [6, 6.07) is 19.3. The Morgan fingerprint density at radius 1 is 1.09 bits per heavy atom. The molecular weight excluding hydrogens is 463 g/mol. The van der Waals surface area contributed by atoms with Gasteiger partial charge in [0.05, 0.1) is 23.4 Å². The number of halogens is 1. The van der Waals surface area contributed by atoms with Crippen molar-refractivity contribution in [1.82, 2.24) is 4.57 Å². The summed E-state index contributed by atoms with van der Waals surface area (Å²) in [5.74, 6) is -0.00946. The number of aromatic hydroxyl groups is 1. The number of rotatable bonds is 3. The molecule has 1 atom stereocenters. The maximum absolute atomic E-state index is 13.8. The molecule has 4 aromatic rings. The quantitative estimate of drug-likeness (QED) is 0.475. The Morgan fingerprint density at radius 3 is 2.69 bits per heavy atom. The maximum atomic E-state index is 13.8. The molecule has 0 saturated carbocycles. The Labute approximate surface area is 204 Å². The first-order valence-corrected chi connectivity index (χ1v) is 12.1. The van der Waals surface area contributed by atoms with Gasteiger partial charge >= 0.3 is 0 Å². The molecule has 6 rings (SSSR count). The summed E-state index contributed by atoms with van der Waals surface area (Å²) >= 11 is 1.28. The number of para-hydroxylation sites is 1. The predicted molar refractivity (Wildman–Crippen MR) is 134 cm³/mol. The number of allylic oxidation sites excluding steroid dienone is 1. The maximum Gasteiger partial charge on any atom is 0.271 e. The fraction of sp³-hybridized carbons (Fsp3) is 0.143. The Kier molecular flexibility index (Phi) is 5.15. The topological polar surface area (TPSA) is 63.8 Å². The van der Waals surface area contributed by atoms with Crippen LogP contribution in [0.2, 0.25) is 0 Å². The van der Waals surface area contributed by atoms with E-state index in [4.69, 9.17) is 9.73 Å². The minimum Gasteiger partial charge on any atom is -0.504 e. The molecule has 1 unspecified atom stereocenters. The normalized spacial score (nSPS) is 16.9. The Hall–Kier alpha value is -3.97. The number of aryl methyl sites for hydroxylation is 1. The number of phenolic OH excluding ortho intramolecular Hbond substituents is 1. The van der Waals surface area contributed by atoms with Crippen LogP contribution in [0.1, 0.15) is 34.7 Å². The van der Waals surface area contributed by atoms with Gasteiger partial charge in [-0.05, 0) is 53.8 Å². The molecule has 0 radical (unpaired) electrons. The minimum absolute atomic E-state index is 0.0239. The van der Waals surface area contributed by atoms with Crippen molar-refractivity contribution in [3.05, 3.63) is 120 Å². The molecule has 0 spiro atoms. The number of methoxy groups -OCH3 is 1. The first kappa shape index (κ1) is 21.6. The molecule has 1 N–H and O–H groups in total. The fourth-order valence-electron chi connectivity index (χ4n) is 4.93. The Balaban J connectivity index is 1.62. The Bertz CT molecular complexity index is 1680. The van der Waals surface area contributed by atoms with Crippen molar-refractivity contribution in [3.8, 4) is 11.5 Å². The molecule has 2 heterocycles. The van der Waals surface area contributed by atoms with Crippen LogP contribution >= 0.6 is 11.3 Å². The lowest BCUT2D eigenvalue weighted by atomic mass is 9.83. The van der Waals surface area contributed by atoms with E-state index >= 15 is 0 Å². The van der Waals surface area contributed by atoms with Crippen LogP contribution in [0.4, 0.5) is 4.39 Å². The average Bonchev–Trinajstić information content (AvgIpc) is 3.19. The molecular formula is C28H21FN2O3S. The largest absolute Gasteiger partial charge is 0.504 e. The smallest absolute Gasteiger partial charge is 0.271 e. The number of phenols is 1. The van der Waals surface area contributed by atoms with Gasteiger partial charge in [-0.3, -0.25) is 9.36 Å². The van der Waals surface area contributed by atoms with Gasteiger partial charge in [0, 0.05) is 11.1 Å². The van der Waals surface area contributed by atoms with Gasteiger partial charge in [-0.25, -0.2) is 9.38 Å². The number of nitrogens with zero attached hydrogens (tertiary/aromatic N) is 2. The van der Waals surface area contributed by atoms with E-state index < -0.39 is 0 Å². The molecule has 5 nitrogen and oxygen atoms in total. The Morgan fingerprint density at radius 2 is 1.89 bits per heavy atom. The molecule has 35 heavy (non-hydrogen) atoms. The number of aromatic nitrogens is 1. The summed E-state index contributed by atoms with van der Waals surface area (Å²) in [6.07, 6.45) is 3.28. The van der Waals surface area contributed by atoms with Crippen LogP contribution in [0, 0.1) is 5.82 Å². The highest BCUT2D eigenvalue weighted by Gasteiger charge is 2.32. The molecule has 7 heteroatoms. The van der Waals surface area contributed by atoms with Gasteiger partial charge in [-0.1, -0.05) is 59.9 Å². The van der Waals surface area contributed by atoms with Crippen LogP contribution in [0.3, 0.4) is 0 Å². The highest BCUT2D eigenvalue weighted by Crippen LogP contribution is 2.41. The second kappa shape index (κ2) is 8.36. The van der Waals surface area contributed by atoms with E-state index in [1.165, 1.54) is 36.1 Å². The van der Waals surface area contributed by atoms with E-state index in [9.17, 15) is 14.3 Å². The minimum atomic E-state index is -0.378. The van der Waals surface area contributed by atoms with Gasteiger partial charge in [0.2, 0.25) is 0 Å². The standard InChI is InChI=1S/C28H21FN2O3S/c1-34-22-8-4-6-18(26(22)32)15-23-27(33)31-25(17-9-12-19(29)13-10-17)21-14-11-16-5-2-3-7-20(16)24(21)30-28(31)35-23/h2-10,12-13,15,25,32H,11,14H2,1H3. The number of hydrogen-bond donors (Lipinski definition) is 1. The van der Waals surface area contributed by atoms with E-state index in [1.54, 1.807) is 41.0 Å². The van der Waals surface area contributed by atoms with Crippen molar-refractivity contribution in [2.24, 2.45) is 4.99 Å². The number of benzene rings is 3. The number of ether oxygens (including phenoxy) is 1. The van der Waals surface area contributed by atoms with Crippen molar-refractivity contribution >= 4 is 23.1 Å². The molecule has 3 aromatic carbocycles. The monoisotopic (exact) mass is 484 g/mol. The van der Waals surface area contributed by atoms with Crippen LogP contribution in [0.15, 0.2) is 82.1 Å². The molecule has 1 aliphatic carbocycles. The van der Waals surface area contributed by atoms with Crippen molar-refractivity contribution in [2.75, 3.05) is 7.11 Å². The highest BCUT2D eigenvalue weighted by atomic mass is 32.1. The first-order chi connectivity index (χ1) is 17.0. The molecule has 0 saturated heterocycles. The molecule has 0 amide bonds. The zero-order valence-corrected chi connectivity index (χ0v) is 19.7. The van der Waals surface area contributed by atoms with E-state index in [0.29, 0.717) is 20.6 Å². The molecule has 1 aromatic heterocycles. The lowest BCUT2D eigenvalue weighted by molar-refractivity contribution is 0.373. The summed E-state index contributed by atoms with van der Waals surface area (Å²) in [6.45, 7) is 0. The summed E-state index contributed by atoms with van der Waals surface area (Å²) in [4.78, 5) is 19.3. The third-order valence-corrected chi connectivity index (χ3v) is 7.58.